The van der Waals surface area contributed by atoms with Gasteiger partial charge in [-0.2, -0.15) is 4.98 Å². The van der Waals surface area contributed by atoms with Crippen LogP contribution in [-0.2, 0) is 24.2 Å². The summed E-state index contributed by atoms with van der Waals surface area (Å²) < 4.78 is 12.1. The third-order valence-corrected chi connectivity index (χ3v) is 6.26. The van der Waals surface area contributed by atoms with Crippen molar-refractivity contribution in [1.29, 1.82) is 0 Å². The van der Waals surface area contributed by atoms with E-state index in [-0.39, 0.29) is 36.5 Å². The van der Waals surface area contributed by atoms with Crippen LogP contribution in [0.3, 0.4) is 0 Å². The lowest BCUT2D eigenvalue weighted by atomic mass is 9.91. The number of pyridine rings is 2. The molecule has 2 N–H and O–H groups in total. The van der Waals surface area contributed by atoms with Gasteiger partial charge in [-0.1, -0.05) is 0 Å². The number of nitrogens with zero attached hydrogens (tertiary/aromatic N) is 6. The van der Waals surface area contributed by atoms with Gasteiger partial charge >= 0.3 is 0 Å². The lowest BCUT2D eigenvalue weighted by Gasteiger charge is -2.25. The molecule has 0 saturated heterocycles. The molecule has 0 saturated carbocycles. The molecule has 1 atom stereocenters. The van der Waals surface area contributed by atoms with E-state index in [4.69, 9.17) is 9.47 Å². The molecule has 13 heteroatoms. The van der Waals surface area contributed by atoms with Crippen LogP contribution in [0.1, 0.15) is 23.5 Å². The molecule has 190 valence electrons. The van der Waals surface area contributed by atoms with Crippen LogP contribution in [0.4, 0.5) is 5.82 Å². The standard InChI is InChI=1S/C24H22N8O4.ClH/c1-35-21-5-4-16-24(31-21)32(22(34)11-27-16)15-6-13-2-3-14(7-17(13)26-8-15)25-10-19-28-9-18-23(29-19)30-20(33)12-36-18;/h4-6,8-9,11,14,25H,2-3,7,10,12H2,1H3,(H,28,29,30,33);1H. The van der Waals surface area contributed by atoms with E-state index in [1.54, 1.807) is 24.5 Å². The van der Waals surface area contributed by atoms with E-state index in [2.05, 4.69) is 35.6 Å². The summed E-state index contributed by atoms with van der Waals surface area (Å²) in [4.78, 5) is 46.3. The zero-order valence-electron chi connectivity index (χ0n) is 19.8. The fourth-order valence-electron chi connectivity index (χ4n) is 4.46. The van der Waals surface area contributed by atoms with Gasteiger partial charge in [-0.15, -0.1) is 12.4 Å². The molecule has 0 fully saturated rings. The van der Waals surface area contributed by atoms with Gasteiger partial charge in [-0.05, 0) is 30.5 Å². The van der Waals surface area contributed by atoms with Crippen molar-refractivity contribution in [1.82, 2.24) is 34.8 Å². The fourth-order valence-corrected chi connectivity index (χ4v) is 4.46. The van der Waals surface area contributed by atoms with E-state index < -0.39 is 0 Å². The molecule has 0 aromatic carbocycles. The van der Waals surface area contributed by atoms with E-state index in [0.717, 1.165) is 30.5 Å². The SMILES string of the molecule is COc1ccc2ncc(=O)n(-c3cnc4c(c3)CCC(NCc3ncc5c(n3)NC(=O)CO5)C4)c2n1.Cl. The second-order valence-electron chi connectivity index (χ2n) is 8.58. The number of fused-ring (bicyclic) bond motifs is 3. The van der Waals surface area contributed by atoms with Crippen LogP contribution in [0.5, 0.6) is 11.6 Å². The van der Waals surface area contributed by atoms with E-state index in [1.807, 2.05) is 6.07 Å². The van der Waals surface area contributed by atoms with Crippen LogP contribution in [-0.4, -0.2) is 55.2 Å². The third kappa shape index (κ3) is 4.80. The Balaban J connectivity index is 0.00000280. The van der Waals surface area contributed by atoms with Gasteiger partial charge in [-0.25, -0.2) is 15.0 Å². The predicted octanol–water partition coefficient (Wildman–Crippen LogP) is 1.37. The molecule has 1 amide bonds. The number of methoxy groups -OCH3 is 1. The molecule has 0 bridgehead atoms. The van der Waals surface area contributed by atoms with Crippen LogP contribution < -0.4 is 25.7 Å². The van der Waals surface area contributed by atoms with Gasteiger partial charge in [0.2, 0.25) is 5.88 Å². The Morgan fingerprint density at radius 1 is 1.16 bits per heavy atom. The lowest BCUT2D eigenvalue weighted by molar-refractivity contribution is -0.118. The van der Waals surface area contributed by atoms with Crippen molar-refractivity contribution in [3.63, 3.8) is 0 Å². The Morgan fingerprint density at radius 3 is 2.92 bits per heavy atom. The first-order valence-electron chi connectivity index (χ1n) is 11.5. The quantitative estimate of drug-likeness (QED) is 0.394. The molecule has 0 spiro atoms. The number of halogens is 1. The average molecular weight is 523 g/mol. The molecule has 1 unspecified atom stereocenters. The third-order valence-electron chi connectivity index (χ3n) is 6.26. The molecule has 6 rings (SSSR count). The first-order chi connectivity index (χ1) is 17.6. The van der Waals surface area contributed by atoms with Crippen molar-refractivity contribution in [2.75, 3.05) is 19.0 Å². The number of rotatable bonds is 5. The van der Waals surface area contributed by atoms with Gasteiger partial charge in [-0.3, -0.25) is 19.1 Å². The van der Waals surface area contributed by atoms with Gasteiger partial charge in [0.1, 0.15) is 11.3 Å². The topological polar surface area (TPSA) is 146 Å². The number of carbonyl (C=O) groups is 1. The second kappa shape index (κ2) is 10.1. The van der Waals surface area contributed by atoms with Crippen molar-refractivity contribution < 1.29 is 14.3 Å². The number of aromatic nitrogens is 6. The molecule has 0 radical (unpaired) electrons. The van der Waals surface area contributed by atoms with Crippen LogP contribution >= 0.6 is 12.4 Å². The van der Waals surface area contributed by atoms with E-state index in [0.29, 0.717) is 46.7 Å². The summed E-state index contributed by atoms with van der Waals surface area (Å²) in [6, 6.07) is 5.67. The van der Waals surface area contributed by atoms with E-state index >= 15 is 0 Å². The maximum absolute atomic E-state index is 12.7. The normalized spacial score (nSPS) is 16.1. The summed E-state index contributed by atoms with van der Waals surface area (Å²) in [5.74, 6) is 1.61. The highest BCUT2D eigenvalue weighted by Crippen LogP contribution is 2.25. The lowest BCUT2D eigenvalue weighted by Crippen LogP contribution is -2.35. The van der Waals surface area contributed by atoms with Crippen molar-refractivity contribution in [2.45, 2.75) is 31.8 Å². The number of nitrogens with one attached hydrogen (secondary N) is 2. The van der Waals surface area contributed by atoms with Gasteiger partial charge in [0, 0.05) is 24.2 Å². The zero-order valence-corrected chi connectivity index (χ0v) is 20.6. The van der Waals surface area contributed by atoms with E-state index in [1.165, 1.54) is 17.9 Å². The van der Waals surface area contributed by atoms with Crippen molar-refractivity contribution >= 4 is 35.3 Å². The fraction of sp³-hybridized carbons (Fsp3) is 0.292. The molecule has 37 heavy (non-hydrogen) atoms. The van der Waals surface area contributed by atoms with Gasteiger partial charge in [0.05, 0.1) is 37.9 Å². The molecule has 1 aliphatic carbocycles. The van der Waals surface area contributed by atoms with Gasteiger partial charge < -0.3 is 20.1 Å². The number of anilines is 1. The highest BCUT2D eigenvalue weighted by atomic mass is 35.5. The minimum absolute atomic E-state index is 0. The second-order valence-corrected chi connectivity index (χ2v) is 8.58. The number of ether oxygens (including phenoxy) is 2. The molecule has 5 heterocycles. The number of hydrogen-bond acceptors (Lipinski definition) is 10. The molecule has 1 aliphatic heterocycles. The Morgan fingerprint density at radius 2 is 2.05 bits per heavy atom. The number of amides is 1. The highest BCUT2D eigenvalue weighted by molar-refractivity contribution is 5.94. The largest absolute Gasteiger partial charge is 0.481 e. The Hall–Kier alpha value is -4.16. The number of aryl methyl sites for hydroxylation is 1. The predicted molar refractivity (Wildman–Crippen MR) is 136 cm³/mol. The van der Waals surface area contributed by atoms with Crippen LogP contribution in [0.15, 0.2) is 41.6 Å². The summed E-state index contributed by atoms with van der Waals surface area (Å²) in [6.45, 7) is 0.425. The Labute approximate surface area is 216 Å². The van der Waals surface area contributed by atoms with Crippen molar-refractivity contribution in [3.8, 4) is 17.3 Å². The van der Waals surface area contributed by atoms with Crippen molar-refractivity contribution in [2.24, 2.45) is 0 Å². The highest BCUT2D eigenvalue weighted by Gasteiger charge is 2.22. The summed E-state index contributed by atoms with van der Waals surface area (Å²) >= 11 is 0. The summed E-state index contributed by atoms with van der Waals surface area (Å²) in [6.07, 6.45) is 6.98. The first-order valence-corrected chi connectivity index (χ1v) is 11.5. The minimum atomic E-state index is -0.285. The summed E-state index contributed by atoms with van der Waals surface area (Å²) in [5.41, 5.74) is 3.44. The smallest absolute Gasteiger partial charge is 0.275 e. The summed E-state index contributed by atoms with van der Waals surface area (Å²) in [7, 11) is 1.53. The van der Waals surface area contributed by atoms with Gasteiger partial charge in [0.15, 0.2) is 23.8 Å². The van der Waals surface area contributed by atoms with E-state index in [9.17, 15) is 9.59 Å². The molecule has 2 aliphatic rings. The molecular weight excluding hydrogens is 500 g/mol. The molecular formula is C24H23ClN8O4. The minimum Gasteiger partial charge on any atom is -0.481 e. The molecule has 12 nitrogen and oxygen atoms in total. The Bertz CT molecular complexity index is 1560. The number of carbonyl (C=O) groups excluding carboxylic acids is 1. The van der Waals surface area contributed by atoms with Crippen LogP contribution in [0.25, 0.3) is 16.9 Å². The maximum atomic E-state index is 12.7. The van der Waals surface area contributed by atoms with Crippen LogP contribution in [0, 0.1) is 0 Å². The Kier molecular flexibility index (Phi) is 6.68. The van der Waals surface area contributed by atoms with Crippen LogP contribution in [0.2, 0.25) is 0 Å². The first kappa shape index (κ1) is 24.5. The molecule has 4 aromatic heterocycles. The number of hydrogen-bond donors (Lipinski definition) is 2. The zero-order chi connectivity index (χ0) is 24.6. The monoisotopic (exact) mass is 522 g/mol. The molecule has 4 aromatic rings. The average Bonchev–Trinajstić information content (AvgIpc) is 2.91. The maximum Gasteiger partial charge on any atom is 0.275 e. The van der Waals surface area contributed by atoms with Crippen molar-refractivity contribution in [3.05, 3.63) is 64.2 Å². The van der Waals surface area contributed by atoms with Gasteiger partial charge in [0.25, 0.3) is 11.5 Å². The summed E-state index contributed by atoms with van der Waals surface area (Å²) in [5, 5.41) is 6.18.